The first-order valence-corrected chi connectivity index (χ1v) is 20.9. The molecule has 2 nitrogen and oxygen atoms in total. The third-order valence-corrected chi connectivity index (χ3v) is 10.8. The van der Waals surface area contributed by atoms with Crippen LogP contribution in [0.5, 0.6) is 0 Å². The van der Waals surface area contributed by atoms with Gasteiger partial charge in [-0.1, -0.05) is 171 Å². The molecule has 0 aliphatic rings. The van der Waals surface area contributed by atoms with Gasteiger partial charge < -0.3 is 11.5 Å². The smallest absolute Gasteiger partial charge is 0.0314 e. The van der Waals surface area contributed by atoms with Crippen molar-refractivity contribution in [3.05, 3.63) is 129 Å². The Labute approximate surface area is 312 Å². The Balaban J connectivity index is 0.960. The maximum absolute atomic E-state index is 5.88. The highest BCUT2D eigenvalue weighted by atomic mass is 14.5. The third kappa shape index (κ3) is 15.7. The SMILES string of the molecule is CCCc1cc(CCCCCCCCCCCCCCCCCc2ccc(Cc3ccc(N)cc3)c(CCC)c2)ccc1Cc1ccc(N)cc1. The summed E-state index contributed by atoms with van der Waals surface area (Å²) in [6.07, 6.45) is 30.2. The van der Waals surface area contributed by atoms with E-state index in [9.17, 15) is 0 Å². The quantitative estimate of drug-likeness (QED) is 0.0510. The number of nitrogen functional groups attached to an aromatic ring is 2. The summed E-state index contributed by atoms with van der Waals surface area (Å²) in [6.45, 7) is 4.58. The average molecular weight is 687 g/mol. The monoisotopic (exact) mass is 687 g/mol. The second-order valence-electron chi connectivity index (χ2n) is 15.3. The Bertz CT molecular complexity index is 1390. The number of anilines is 2. The molecule has 0 saturated carbocycles. The Morgan fingerprint density at radius 3 is 0.922 bits per heavy atom. The zero-order valence-corrected chi connectivity index (χ0v) is 32.5. The van der Waals surface area contributed by atoms with Crippen molar-refractivity contribution in [3.63, 3.8) is 0 Å². The largest absolute Gasteiger partial charge is 0.399 e. The van der Waals surface area contributed by atoms with Crippen LogP contribution in [0.15, 0.2) is 84.9 Å². The standard InChI is InChI=1S/C49H70N2/c1-3-20-44-36-40(24-30-46(44)38-42-26-32-48(50)33-27-42)22-18-16-14-12-10-8-6-5-7-9-11-13-15-17-19-23-41-25-31-47(45(37-41)21-4-2)39-43-28-34-49(51)35-29-43/h24-37H,3-23,38-39,50-51H2,1-2H3. The number of rotatable bonds is 26. The molecule has 4 N–H and O–H groups in total. The van der Waals surface area contributed by atoms with E-state index in [4.69, 9.17) is 11.5 Å². The topological polar surface area (TPSA) is 52.0 Å². The number of hydrogen-bond acceptors (Lipinski definition) is 2. The van der Waals surface area contributed by atoms with Crippen LogP contribution in [0.3, 0.4) is 0 Å². The lowest BCUT2D eigenvalue weighted by molar-refractivity contribution is 0.530. The predicted octanol–water partition coefficient (Wildman–Crippen LogP) is 13.6. The van der Waals surface area contributed by atoms with Gasteiger partial charge in [-0.3, -0.25) is 0 Å². The Morgan fingerprint density at radius 1 is 0.314 bits per heavy atom. The van der Waals surface area contributed by atoms with Crippen molar-refractivity contribution in [1.82, 2.24) is 0 Å². The minimum Gasteiger partial charge on any atom is -0.399 e. The maximum atomic E-state index is 5.88. The molecule has 276 valence electrons. The van der Waals surface area contributed by atoms with E-state index in [0.29, 0.717) is 0 Å². The van der Waals surface area contributed by atoms with E-state index in [-0.39, 0.29) is 0 Å². The van der Waals surface area contributed by atoms with Crippen LogP contribution in [-0.2, 0) is 38.5 Å². The van der Waals surface area contributed by atoms with E-state index in [1.807, 2.05) is 24.3 Å². The molecule has 0 saturated heterocycles. The van der Waals surface area contributed by atoms with E-state index >= 15 is 0 Å². The van der Waals surface area contributed by atoms with Gasteiger partial charge in [0.25, 0.3) is 0 Å². The fraction of sp³-hybridized carbons (Fsp3) is 0.510. The molecule has 4 rings (SSSR count). The van der Waals surface area contributed by atoms with Crippen LogP contribution in [0.2, 0.25) is 0 Å². The van der Waals surface area contributed by atoms with E-state index < -0.39 is 0 Å². The lowest BCUT2D eigenvalue weighted by Gasteiger charge is -2.12. The van der Waals surface area contributed by atoms with E-state index in [0.717, 1.165) is 24.2 Å². The molecule has 4 aromatic rings. The van der Waals surface area contributed by atoms with E-state index in [1.165, 1.54) is 179 Å². The van der Waals surface area contributed by atoms with Crippen LogP contribution in [0.1, 0.15) is 168 Å². The Morgan fingerprint density at radius 2 is 0.608 bits per heavy atom. The van der Waals surface area contributed by atoms with Gasteiger partial charge in [-0.15, -0.1) is 0 Å². The second-order valence-corrected chi connectivity index (χ2v) is 15.3. The number of aryl methyl sites for hydroxylation is 4. The van der Waals surface area contributed by atoms with Crippen LogP contribution in [0.4, 0.5) is 11.4 Å². The van der Waals surface area contributed by atoms with Crippen LogP contribution >= 0.6 is 0 Å². The van der Waals surface area contributed by atoms with Gasteiger partial charge in [0.1, 0.15) is 0 Å². The van der Waals surface area contributed by atoms with Crippen molar-refractivity contribution < 1.29 is 0 Å². The first-order valence-electron chi connectivity index (χ1n) is 20.9. The molecule has 0 aliphatic carbocycles. The highest BCUT2D eigenvalue weighted by molar-refractivity contribution is 5.43. The van der Waals surface area contributed by atoms with Crippen molar-refractivity contribution in [2.75, 3.05) is 11.5 Å². The van der Waals surface area contributed by atoms with Gasteiger partial charge in [0.2, 0.25) is 0 Å². The van der Waals surface area contributed by atoms with Crippen molar-refractivity contribution in [1.29, 1.82) is 0 Å². The summed E-state index contributed by atoms with van der Waals surface area (Å²) in [4.78, 5) is 0. The maximum Gasteiger partial charge on any atom is 0.0314 e. The molecule has 0 amide bonds. The van der Waals surface area contributed by atoms with Crippen LogP contribution in [-0.4, -0.2) is 0 Å². The molecule has 0 unspecified atom stereocenters. The molecule has 0 aromatic heterocycles. The minimum atomic E-state index is 0.841. The van der Waals surface area contributed by atoms with Crippen molar-refractivity contribution in [2.24, 2.45) is 0 Å². The van der Waals surface area contributed by atoms with Crippen LogP contribution < -0.4 is 11.5 Å². The number of hydrogen-bond donors (Lipinski definition) is 2. The van der Waals surface area contributed by atoms with Gasteiger partial charge >= 0.3 is 0 Å². The molecule has 0 radical (unpaired) electrons. The van der Waals surface area contributed by atoms with Gasteiger partial charge in [-0.25, -0.2) is 0 Å². The molecule has 0 heterocycles. The first kappa shape index (κ1) is 40.3. The fourth-order valence-electron chi connectivity index (χ4n) is 7.69. The minimum absolute atomic E-state index is 0.841. The molecule has 0 spiro atoms. The molecule has 0 fully saturated rings. The number of nitrogens with two attached hydrogens (primary N) is 2. The van der Waals surface area contributed by atoms with Crippen molar-refractivity contribution in [3.8, 4) is 0 Å². The highest BCUT2D eigenvalue weighted by Gasteiger charge is 2.08. The second kappa shape index (κ2) is 23.9. The summed E-state index contributed by atoms with van der Waals surface area (Å²) in [5, 5.41) is 0. The van der Waals surface area contributed by atoms with Gasteiger partial charge in [-0.2, -0.15) is 0 Å². The number of benzene rings is 4. The molecular weight excluding hydrogens is 617 g/mol. The van der Waals surface area contributed by atoms with Crippen LogP contribution in [0.25, 0.3) is 0 Å². The predicted molar refractivity (Wildman–Crippen MR) is 225 cm³/mol. The van der Waals surface area contributed by atoms with Gasteiger partial charge in [0, 0.05) is 11.4 Å². The summed E-state index contributed by atoms with van der Waals surface area (Å²) < 4.78 is 0. The lowest BCUT2D eigenvalue weighted by Crippen LogP contribution is -1.98. The average Bonchev–Trinajstić information content (AvgIpc) is 3.13. The van der Waals surface area contributed by atoms with Gasteiger partial charge in [0.05, 0.1) is 0 Å². The molecule has 4 aromatic carbocycles. The summed E-state index contributed by atoms with van der Waals surface area (Å²) in [5.41, 5.74) is 25.2. The van der Waals surface area contributed by atoms with Gasteiger partial charge in [-0.05, 0) is 120 Å². The third-order valence-electron chi connectivity index (χ3n) is 10.8. The van der Waals surface area contributed by atoms with E-state index in [1.54, 1.807) is 0 Å². The fourth-order valence-corrected chi connectivity index (χ4v) is 7.69. The van der Waals surface area contributed by atoms with Crippen LogP contribution in [0, 0.1) is 0 Å². The number of unbranched alkanes of at least 4 members (excludes halogenated alkanes) is 14. The Hall–Kier alpha value is -3.52. The molecule has 0 bridgehead atoms. The molecule has 0 atom stereocenters. The summed E-state index contributed by atoms with van der Waals surface area (Å²) in [5.74, 6) is 0. The molecule has 51 heavy (non-hydrogen) atoms. The first-order chi connectivity index (χ1) is 25.0. The zero-order chi connectivity index (χ0) is 35.9. The zero-order valence-electron chi connectivity index (χ0n) is 32.5. The summed E-state index contributed by atoms with van der Waals surface area (Å²) >= 11 is 0. The normalized spacial score (nSPS) is 11.3. The lowest BCUT2D eigenvalue weighted by atomic mass is 9.93. The summed E-state index contributed by atoms with van der Waals surface area (Å²) in [7, 11) is 0. The molecular formula is C49H70N2. The van der Waals surface area contributed by atoms with Crippen molar-refractivity contribution in [2.45, 2.75) is 162 Å². The molecule has 0 aliphatic heterocycles. The highest BCUT2D eigenvalue weighted by Crippen LogP contribution is 2.23. The molecule has 2 heteroatoms. The van der Waals surface area contributed by atoms with E-state index in [2.05, 4.69) is 74.5 Å². The van der Waals surface area contributed by atoms with Gasteiger partial charge in [0.15, 0.2) is 0 Å². The van der Waals surface area contributed by atoms with Crippen molar-refractivity contribution >= 4 is 11.4 Å². The summed E-state index contributed by atoms with van der Waals surface area (Å²) in [6, 6.07) is 31.2. The Kier molecular flexibility index (Phi) is 18.8.